The number of fused-ring (bicyclic) bond motifs is 1. The second-order valence-electron chi connectivity index (χ2n) is 4.86. The molecule has 3 rings (SSSR count). The van der Waals surface area contributed by atoms with E-state index in [0.717, 1.165) is 11.3 Å². The molecule has 0 saturated heterocycles. The molecule has 4 nitrogen and oxygen atoms in total. The topological polar surface area (TPSA) is 46.5 Å². The number of rotatable bonds is 2. The second kappa shape index (κ2) is 3.98. The van der Waals surface area contributed by atoms with Gasteiger partial charge < -0.3 is 4.57 Å². The zero-order chi connectivity index (χ0) is 12.7. The Morgan fingerprint density at radius 2 is 2.11 bits per heavy atom. The van der Waals surface area contributed by atoms with Crippen molar-refractivity contribution in [2.24, 2.45) is 0 Å². The summed E-state index contributed by atoms with van der Waals surface area (Å²) in [4.78, 5) is 4.24. The maximum atomic E-state index is 4.24. The Labute approximate surface area is 106 Å². The molecule has 92 valence electrons. The number of aryl methyl sites for hydroxylation is 1. The summed E-state index contributed by atoms with van der Waals surface area (Å²) >= 11 is 0. The van der Waals surface area contributed by atoms with Gasteiger partial charge in [-0.15, -0.1) is 0 Å². The van der Waals surface area contributed by atoms with E-state index in [-0.39, 0.29) is 0 Å². The number of aromatic nitrogens is 4. The predicted octanol–water partition coefficient (Wildman–Crippen LogP) is 3.32. The summed E-state index contributed by atoms with van der Waals surface area (Å²) in [5, 5.41) is 8.34. The highest BCUT2D eigenvalue weighted by atomic mass is 15.1. The Hall–Kier alpha value is -2.10. The zero-order valence-corrected chi connectivity index (χ0v) is 10.8. The van der Waals surface area contributed by atoms with Gasteiger partial charge in [0.25, 0.3) is 0 Å². The van der Waals surface area contributed by atoms with E-state index < -0.39 is 0 Å². The molecule has 0 aliphatic heterocycles. The molecule has 0 aromatic carbocycles. The van der Waals surface area contributed by atoms with Crippen LogP contribution in [0, 0.1) is 6.92 Å². The van der Waals surface area contributed by atoms with Gasteiger partial charge in [0.2, 0.25) is 0 Å². The van der Waals surface area contributed by atoms with Gasteiger partial charge in [-0.2, -0.15) is 5.10 Å². The average molecular weight is 240 g/mol. The smallest absolute Gasteiger partial charge is 0.0701 e. The fourth-order valence-corrected chi connectivity index (χ4v) is 2.34. The largest absolute Gasteiger partial charge is 0.344 e. The summed E-state index contributed by atoms with van der Waals surface area (Å²) in [5.74, 6) is 0. The SMILES string of the molecule is Cc1cn[nH]c1-c1cn(C(C)C)c2ccncc12. The molecule has 0 saturated carbocycles. The third-order valence-corrected chi connectivity index (χ3v) is 3.29. The molecule has 0 spiro atoms. The summed E-state index contributed by atoms with van der Waals surface area (Å²) in [5.41, 5.74) is 4.61. The van der Waals surface area contributed by atoms with Gasteiger partial charge in [-0.1, -0.05) is 0 Å². The number of hydrogen-bond donors (Lipinski definition) is 1. The molecule has 0 atom stereocenters. The number of pyridine rings is 1. The van der Waals surface area contributed by atoms with Crippen LogP contribution in [0.2, 0.25) is 0 Å². The lowest BCUT2D eigenvalue weighted by atomic mass is 10.1. The molecule has 1 N–H and O–H groups in total. The molecule has 0 aliphatic rings. The number of H-pyrrole nitrogens is 1. The van der Waals surface area contributed by atoms with Gasteiger partial charge in [0, 0.05) is 35.6 Å². The van der Waals surface area contributed by atoms with Crippen molar-refractivity contribution >= 4 is 10.9 Å². The molecule has 0 aliphatic carbocycles. The summed E-state index contributed by atoms with van der Waals surface area (Å²) in [6.45, 7) is 6.43. The summed E-state index contributed by atoms with van der Waals surface area (Å²) in [6, 6.07) is 2.48. The molecule has 0 fully saturated rings. The van der Waals surface area contributed by atoms with Gasteiger partial charge in [-0.05, 0) is 32.4 Å². The molecule has 3 aromatic heterocycles. The van der Waals surface area contributed by atoms with Gasteiger partial charge in [-0.25, -0.2) is 0 Å². The number of nitrogens with one attached hydrogen (secondary N) is 1. The van der Waals surface area contributed by atoms with Crippen molar-refractivity contribution in [3.05, 3.63) is 36.4 Å². The van der Waals surface area contributed by atoms with Crippen LogP contribution in [-0.4, -0.2) is 19.7 Å². The summed E-state index contributed by atoms with van der Waals surface area (Å²) < 4.78 is 2.27. The molecule has 0 unspecified atom stereocenters. The van der Waals surface area contributed by atoms with Crippen molar-refractivity contribution in [2.75, 3.05) is 0 Å². The first kappa shape index (κ1) is 11.0. The van der Waals surface area contributed by atoms with Gasteiger partial charge in [-0.3, -0.25) is 10.1 Å². The van der Waals surface area contributed by atoms with Crippen LogP contribution in [0.3, 0.4) is 0 Å². The number of aromatic amines is 1. The van der Waals surface area contributed by atoms with Crippen molar-refractivity contribution in [1.82, 2.24) is 19.7 Å². The van der Waals surface area contributed by atoms with Crippen molar-refractivity contribution in [3.8, 4) is 11.3 Å². The van der Waals surface area contributed by atoms with Crippen LogP contribution >= 0.6 is 0 Å². The van der Waals surface area contributed by atoms with Crippen LogP contribution in [0.5, 0.6) is 0 Å². The molecule has 0 radical (unpaired) electrons. The first-order valence-corrected chi connectivity index (χ1v) is 6.13. The van der Waals surface area contributed by atoms with Crippen LogP contribution in [-0.2, 0) is 0 Å². The third-order valence-electron chi connectivity index (χ3n) is 3.29. The van der Waals surface area contributed by atoms with Crippen molar-refractivity contribution in [1.29, 1.82) is 0 Å². The standard InChI is InChI=1S/C14H16N4/c1-9(2)18-8-12(14-10(3)6-16-17-14)11-7-15-5-4-13(11)18/h4-9H,1-3H3,(H,16,17). The summed E-state index contributed by atoms with van der Waals surface area (Å²) in [6.07, 6.45) is 7.79. The van der Waals surface area contributed by atoms with Crippen molar-refractivity contribution < 1.29 is 0 Å². The van der Waals surface area contributed by atoms with Crippen molar-refractivity contribution in [3.63, 3.8) is 0 Å². The second-order valence-corrected chi connectivity index (χ2v) is 4.86. The van der Waals surface area contributed by atoms with Crippen molar-refractivity contribution in [2.45, 2.75) is 26.8 Å². The molecular formula is C14H16N4. The van der Waals surface area contributed by atoms with E-state index in [4.69, 9.17) is 0 Å². The van der Waals surface area contributed by atoms with Gasteiger partial charge >= 0.3 is 0 Å². The Bertz CT molecular complexity index is 691. The normalized spacial score (nSPS) is 11.6. The van der Waals surface area contributed by atoms with Crippen LogP contribution in [0.25, 0.3) is 22.2 Å². The Morgan fingerprint density at radius 1 is 1.28 bits per heavy atom. The zero-order valence-electron chi connectivity index (χ0n) is 10.8. The molecule has 3 aromatic rings. The first-order valence-electron chi connectivity index (χ1n) is 6.13. The maximum Gasteiger partial charge on any atom is 0.0701 e. The number of hydrogen-bond acceptors (Lipinski definition) is 2. The minimum atomic E-state index is 0.423. The highest BCUT2D eigenvalue weighted by Crippen LogP contribution is 2.32. The Balaban J connectivity index is 2.34. The van der Waals surface area contributed by atoms with Crippen LogP contribution in [0.4, 0.5) is 0 Å². The van der Waals surface area contributed by atoms with E-state index in [9.17, 15) is 0 Å². The Morgan fingerprint density at radius 3 is 2.78 bits per heavy atom. The fourth-order valence-electron chi connectivity index (χ4n) is 2.34. The van der Waals surface area contributed by atoms with Gasteiger partial charge in [0.15, 0.2) is 0 Å². The quantitative estimate of drug-likeness (QED) is 0.747. The van der Waals surface area contributed by atoms with Crippen LogP contribution in [0.15, 0.2) is 30.9 Å². The average Bonchev–Trinajstić information content (AvgIpc) is 2.92. The lowest BCUT2D eigenvalue weighted by Crippen LogP contribution is -1.97. The molecule has 4 heteroatoms. The van der Waals surface area contributed by atoms with E-state index in [1.54, 1.807) is 0 Å². The van der Waals surface area contributed by atoms with E-state index in [0.29, 0.717) is 6.04 Å². The molecular weight excluding hydrogens is 224 g/mol. The van der Waals surface area contributed by atoms with Crippen LogP contribution < -0.4 is 0 Å². The minimum Gasteiger partial charge on any atom is -0.344 e. The Kier molecular flexibility index (Phi) is 2.44. The van der Waals surface area contributed by atoms with Crippen LogP contribution in [0.1, 0.15) is 25.5 Å². The third kappa shape index (κ3) is 1.53. The maximum absolute atomic E-state index is 4.24. The fraction of sp³-hybridized carbons (Fsp3) is 0.286. The highest BCUT2D eigenvalue weighted by Gasteiger charge is 2.14. The molecule has 3 heterocycles. The lowest BCUT2D eigenvalue weighted by molar-refractivity contribution is 0.623. The van der Waals surface area contributed by atoms with E-state index >= 15 is 0 Å². The van der Waals surface area contributed by atoms with Gasteiger partial charge in [0.05, 0.1) is 17.4 Å². The summed E-state index contributed by atoms with van der Waals surface area (Å²) in [7, 11) is 0. The molecule has 0 amide bonds. The minimum absolute atomic E-state index is 0.423. The lowest BCUT2D eigenvalue weighted by Gasteiger charge is -2.08. The molecule has 0 bridgehead atoms. The monoisotopic (exact) mass is 240 g/mol. The van der Waals surface area contributed by atoms with E-state index in [2.05, 4.69) is 52.8 Å². The van der Waals surface area contributed by atoms with E-state index in [1.807, 2.05) is 18.6 Å². The van der Waals surface area contributed by atoms with Gasteiger partial charge in [0.1, 0.15) is 0 Å². The van der Waals surface area contributed by atoms with E-state index in [1.165, 1.54) is 16.5 Å². The molecule has 18 heavy (non-hydrogen) atoms. The predicted molar refractivity (Wildman–Crippen MR) is 72.4 cm³/mol. The first-order chi connectivity index (χ1) is 8.68. The highest BCUT2D eigenvalue weighted by molar-refractivity contribution is 5.95. The number of nitrogens with zero attached hydrogens (tertiary/aromatic N) is 3.